The maximum absolute atomic E-state index is 12.3. The summed E-state index contributed by atoms with van der Waals surface area (Å²) in [7, 11) is -3.78. The first kappa shape index (κ1) is 19.7. The van der Waals surface area contributed by atoms with E-state index in [-0.39, 0.29) is 35.6 Å². The van der Waals surface area contributed by atoms with Gasteiger partial charge >= 0.3 is 0 Å². The van der Waals surface area contributed by atoms with E-state index in [0.717, 1.165) is 5.56 Å². The number of amides is 1. The van der Waals surface area contributed by atoms with Crippen molar-refractivity contribution < 1.29 is 18.0 Å². The molecule has 1 heterocycles. The topological polar surface area (TPSA) is 105 Å². The molecule has 0 aliphatic carbocycles. The fourth-order valence-electron chi connectivity index (χ4n) is 2.31. The van der Waals surface area contributed by atoms with Crippen molar-refractivity contribution in [1.29, 1.82) is 0 Å². The molecule has 1 unspecified atom stereocenters. The number of nitrogens with zero attached hydrogens (tertiary/aromatic N) is 1. The zero-order chi connectivity index (χ0) is 19.2. The molecular weight excluding hydrogens is 354 g/mol. The van der Waals surface area contributed by atoms with E-state index in [1.807, 2.05) is 6.92 Å². The number of aromatic nitrogens is 1. The third-order valence-electron chi connectivity index (χ3n) is 3.78. The zero-order valence-electron chi connectivity index (χ0n) is 14.6. The van der Waals surface area contributed by atoms with E-state index in [1.165, 1.54) is 25.1 Å². The minimum atomic E-state index is -3.78. The van der Waals surface area contributed by atoms with Crippen LogP contribution in [0.3, 0.4) is 0 Å². The molecule has 0 fully saturated rings. The monoisotopic (exact) mass is 375 g/mol. The number of pyridine rings is 1. The van der Waals surface area contributed by atoms with Crippen LogP contribution in [0.15, 0.2) is 53.7 Å². The van der Waals surface area contributed by atoms with Gasteiger partial charge in [0.25, 0.3) is 0 Å². The molecule has 0 spiro atoms. The van der Waals surface area contributed by atoms with Crippen molar-refractivity contribution >= 4 is 21.7 Å². The largest absolute Gasteiger partial charge is 0.350 e. The highest BCUT2D eigenvalue weighted by molar-refractivity contribution is 7.89. The van der Waals surface area contributed by atoms with Crippen LogP contribution in [0, 0.1) is 0 Å². The van der Waals surface area contributed by atoms with Gasteiger partial charge in [-0.2, -0.15) is 0 Å². The van der Waals surface area contributed by atoms with Gasteiger partial charge in [0.1, 0.15) is 0 Å². The number of rotatable bonds is 8. The second-order valence-electron chi connectivity index (χ2n) is 5.80. The summed E-state index contributed by atoms with van der Waals surface area (Å²) in [5.74, 6) is -0.485. The Balaban J connectivity index is 1.89. The standard InChI is InChI=1S/C18H21N3O4S/c1-13(15-6-9-19-10-7-15)21-18(23)8-11-20-26(24,25)17-5-3-4-16(12-17)14(2)22/h3-7,9-10,12-13,20H,8,11H2,1-2H3,(H,21,23). The highest BCUT2D eigenvalue weighted by Gasteiger charge is 2.16. The number of benzene rings is 1. The molecule has 0 saturated heterocycles. The third-order valence-corrected chi connectivity index (χ3v) is 5.24. The van der Waals surface area contributed by atoms with Crippen LogP contribution >= 0.6 is 0 Å². The van der Waals surface area contributed by atoms with Gasteiger partial charge in [-0.05, 0) is 43.7 Å². The van der Waals surface area contributed by atoms with E-state index >= 15 is 0 Å². The molecule has 8 heteroatoms. The molecule has 26 heavy (non-hydrogen) atoms. The molecule has 7 nitrogen and oxygen atoms in total. The van der Waals surface area contributed by atoms with Gasteiger partial charge in [0, 0.05) is 30.9 Å². The Morgan fingerprint density at radius 1 is 1.15 bits per heavy atom. The quantitative estimate of drug-likeness (QED) is 0.685. The Kier molecular flexibility index (Phi) is 6.59. The summed E-state index contributed by atoms with van der Waals surface area (Å²) >= 11 is 0. The number of sulfonamides is 1. The molecule has 2 rings (SSSR count). The summed E-state index contributed by atoms with van der Waals surface area (Å²) in [6.45, 7) is 3.17. The Bertz CT molecular complexity index is 882. The molecule has 1 aromatic carbocycles. The van der Waals surface area contributed by atoms with Crippen LogP contribution < -0.4 is 10.0 Å². The predicted molar refractivity (Wildman–Crippen MR) is 97.0 cm³/mol. The fraction of sp³-hybridized carbons (Fsp3) is 0.278. The van der Waals surface area contributed by atoms with Crippen LogP contribution in [0.2, 0.25) is 0 Å². The van der Waals surface area contributed by atoms with Gasteiger partial charge in [0.2, 0.25) is 15.9 Å². The normalized spacial score (nSPS) is 12.4. The van der Waals surface area contributed by atoms with E-state index in [4.69, 9.17) is 0 Å². The van der Waals surface area contributed by atoms with Gasteiger partial charge in [0.05, 0.1) is 10.9 Å². The number of nitrogens with one attached hydrogen (secondary N) is 2. The van der Waals surface area contributed by atoms with Crippen molar-refractivity contribution in [2.75, 3.05) is 6.54 Å². The van der Waals surface area contributed by atoms with Crippen LogP contribution in [0.25, 0.3) is 0 Å². The number of carbonyl (C=O) groups is 2. The van der Waals surface area contributed by atoms with E-state index in [2.05, 4.69) is 15.0 Å². The molecule has 0 radical (unpaired) electrons. The fourth-order valence-corrected chi connectivity index (χ4v) is 3.39. The molecule has 0 saturated carbocycles. The van der Waals surface area contributed by atoms with E-state index in [0.29, 0.717) is 5.56 Å². The van der Waals surface area contributed by atoms with Gasteiger partial charge in [-0.25, -0.2) is 13.1 Å². The van der Waals surface area contributed by atoms with E-state index in [9.17, 15) is 18.0 Å². The molecule has 1 atom stereocenters. The van der Waals surface area contributed by atoms with Gasteiger partial charge in [-0.1, -0.05) is 12.1 Å². The number of ketones is 1. The molecule has 0 bridgehead atoms. The molecule has 1 amide bonds. The van der Waals surface area contributed by atoms with E-state index < -0.39 is 10.0 Å². The van der Waals surface area contributed by atoms with Crippen molar-refractivity contribution in [2.24, 2.45) is 0 Å². The lowest BCUT2D eigenvalue weighted by Gasteiger charge is -2.14. The minimum Gasteiger partial charge on any atom is -0.350 e. The average Bonchev–Trinajstić information content (AvgIpc) is 2.62. The smallest absolute Gasteiger partial charge is 0.240 e. The highest BCUT2D eigenvalue weighted by atomic mass is 32.2. The first-order valence-corrected chi connectivity index (χ1v) is 9.58. The summed E-state index contributed by atoms with van der Waals surface area (Å²) < 4.78 is 26.9. The van der Waals surface area contributed by atoms with Crippen LogP contribution in [0.5, 0.6) is 0 Å². The average molecular weight is 375 g/mol. The van der Waals surface area contributed by atoms with Gasteiger partial charge in [0.15, 0.2) is 5.78 Å². The summed E-state index contributed by atoms with van der Waals surface area (Å²) in [6.07, 6.45) is 3.28. The molecule has 0 aliphatic rings. The summed E-state index contributed by atoms with van der Waals surface area (Å²) in [5.41, 5.74) is 1.23. The van der Waals surface area contributed by atoms with Crippen molar-refractivity contribution in [3.63, 3.8) is 0 Å². The lowest BCUT2D eigenvalue weighted by Crippen LogP contribution is -2.32. The van der Waals surface area contributed by atoms with Crippen LogP contribution in [0.1, 0.15) is 42.2 Å². The molecule has 2 aromatic rings. The number of hydrogen-bond donors (Lipinski definition) is 2. The van der Waals surface area contributed by atoms with Crippen LogP contribution in [-0.2, 0) is 14.8 Å². The van der Waals surface area contributed by atoms with Crippen molar-refractivity contribution in [1.82, 2.24) is 15.0 Å². The second-order valence-corrected chi connectivity index (χ2v) is 7.57. The summed E-state index contributed by atoms with van der Waals surface area (Å²) in [4.78, 5) is 27.3. The minimum absolute atomic E-state index is 0.00104. The molecule has 0 aliphatic heterocycles. The van der Waals surface area contributed by atoms with Crippen molar-refractivity contribution in [2.45, 2.75) is 31.2 Å². The number of hydrogen-bond acceptors (Lipinski definition) is 5. The predicted octanol–water partition coefficient (Wildman–Crippen LogP) is 1.83. The van der Waals surface area contributed by atoms with Gasteiger partial charge < -0.3 is 5.32 Å². The molecule has 2 N–H and O–H groups in total. The zero-order valence-corrected chi connectivity index (χ0v) is 15.4. The highest BCUT2D eigenvalue weighted by Crippen LogP contribution is 2.12. The van der Waals surface area contributed by atoms with Crippen LogP contribution in [-0.4, -0.2) is 31.6 Å². The van der Waals surface area contributed by atoms with E-state index in [1.54, 1.807) is 30.6 Å². The molecular formula is C18H21N3O4S. The second kappa shape index (κ2) is 8.68. The van der Waals surface area contributed by atoms with Crippen LogP contribution in [0.4, 0.5) is 0 Å². The maximum atomic E-state index is 12.3. The first-order valence-electron chi connectivity index (χ1n) is 8.09. The first-order chi connectivity index (χ1) is 12.3. The number of carbonyl (C=O) groups excluding carboxylic acids is 2. The lowest BCUT2D eigenvalue weighted by atomic mass is 10.1. The number of Topliss-reactive ketones (excluding diaryl/α,β-unsaturated/α-hetero) is 1. The third kappa shape index (κ3) is 5.47. The Labute approximate surface area is 152 Å². The van der Waals surface area contributed by atoms with Crippen molar-refractivity contribution in [3.8, 4) is 0 Å². The maximum Gasteiger partial charge on any atom is 0.240 e. The van der Waals surface area contributed by atoms with Crippen molar-refractivity contribution in [3.05, 3.63) is 59.9 Å². The molecule has 1 aromatic heterocycles. The SMILES string of the molecule is CC(=O)c1cccc(S(=O)(=O)NCCC(=O)NC(C)c2ccncc2)c1. The Morgan fingerprint density at radius 2 is 1.85 bits per heavy atom. The molecule has 138 valence electrons. The lowest BCUT2D eigenvalue weighted by molar-refractivity contribution is -0.121. The van der Waals surface area contributed by atoms with Gasteiger partial charge in [-0.15, -0.1) is 0 Å². The Hall–Kier alpha value is -2.58. The van der Waals surface area contributed by atoms with Gasteiger partial charge in [-0.3, -0.25) is 14.6 Å². The summed E-state index contributed by atoms with van der Waals surface area (Å²) in [6, 6.07) is 9.18. The Morgan fingerprint density at radius 3 is 2.50 bits per heavy atom. The summed E-state index contributed by atoms with van der Waals surface area (Å²) in [5, 5.41) is 2.80.